The number of piperidine rings is 1. The van der Waals surface area contributed by atoms with E-state index in [2.05, 4.69) is 21.0 Å². The average molecular weight is 393 g/mol. The van der Waals surface area contributed by atoms with Crippen LogP contribution in [0, 0.1) is 0 Å². The molecule has 1 aromatic carbocycles. The van der Waals surface area contributed by atoms with Crippen molar-refractivity contribution in [3.8, 4) is 0 Å². The lowest BCUT2D eigenvalue weighted by Crippen LogP contribution is -2.54. The van der Waals surface area contributed by atoms with Gasteiger partial charge in [0.2, 0.25) is 5.91 Å². The van der Waals surface area contributed by atoms with Crippen LogP contribution in [-0.2, 0) is 16.9 Å². The molecule has 1 aliphatic heterocycles. The molecule has 0 atom stereocenters. The fraction of sp³-hybridized carbons (Fsp3) is 0.286. The third-order valence-corrected chi connectivity index (χ3v) is 5.21. The van der Waals surface area contributed by atoms with Crippen LogP contribution in [0.3, 0.4) is 0 Å². The van der Waals surface area contributed by atoms with Crippen molar-refractivity contribution in [3.63, 3.8) is 0 Å². The number of carbonyl (C=O) groups excluding carboxylic acids is 2. The minimum atomic E-state index is -0.661. The Kier molecular flexibility index (Phi) is 5.44. The zero-order valence-electron chi connectivity index (χ0n) is 15.9. The maximum absolute atomic E-state index is 13.1. The van der Waals surface area contributed by atoms with Gasteiger partial charge >= 0.3 is 0 Å². The monoisotopic (exact) mass is 393 g/mol. The van der Waals surface area contributed by atoms with E-state index in [-0.39, 0.29) is 17.6 Å². The summed E-state index contributed by atoms with van der Waals surface area (Å²) >= 11 is 0. The van der Waals surface area contributed by atoms with E-state index >= 15 is 0 Å². The second kappa shape index (κ2) is 8.32. The highest BCUT2D eigenvalue weighted by atomic mass is 16.3. The van der Waals surface area contributed by atoms with Crippen LogP contribution in [0.1, 0.15) is 29.0 Å². The van der Waals surface area contributed by atoms with Crippen LogP contribution < -0.4 is 16.0 Å². The first kappa shape index (κ1) is 18.9. The van der Waals surface area contributed by atoms with Crippen LogP contribution in [-0.4, -0.2) is 34.7 Å². The molecule has 3 aromatic rings. The minimum absolute atomic E-state index is 0.0297. The number of nitrogens with one attached hydrogen (secondary N) is 3. The van der Waals surface area contributed by atoms with Crippen molar-refractivity contribution < 1.29 is 14.0 Å². The Morgan fingerprint density at radius 1 is 1.14 bits per heavy atom. The fourth-order valence-corrected chi connectivity index (χ4v) is 3.58. The van der Waals surface area contributed by atoms with Crippen molar-refractivity contribution in [2.45, 2.75) is 24.9 Å². The van der Waals surface area contributed by atoms with E-state index in [0.29, 0.717) is 25.1 Å². The molecule has 0 radical (unpaired) electrons. The summed E-state index contributed by atoms with van der Waals surface area (Å²) in [6.07, 6.45) is 6.39. The van der Waals surface area contributed by atoms with Crippen molar-refractivity contribution in [2.24, 2.45) is 0 Å². The molecule has 4 rings (SSSR count). The Balaban J connectivity index is 1.38. The Morgan fingerprint density at radius 2 is 1.93 bits per heavy atom. The first-order valence-corrected chi connectivity index (χ1v) is 9.60. The number of benzene rings is 1. The van der Waals surface area contributed by atoms with Gasteiger partial charge in [0.1, 0.15) is 5.54 Å². The van der Waals surface area contributed by atoms with Crippen LogP contribution >= 0.6 is 0 Å². The van der Waals surface area contributed by atoms with Gasteiger partial charge in [-0.25, -0.2) is 0 Å². The van der Waals surface area contributed by atoms with Crippen LogP contribution in [0.25, 0.3) is 0 Å². The number of hydrogen-bond acceptors (Lipinski definition) is 5. The predicted octanol–water partition coefficient (Wildman–Crippen LogP) is 2.12. The summed E-state index contributed by atoms with van der Waals surface area (Å²) in [6, 6.07) is 12.5. The van der Waals surface area contributed by atoms with Gasteiger partial charge in [-0.1, -0.05) is 12.1 Å². The number of anilines is 1. The summed E-state index contributed by atoms with van der Waals surface area (Å²) in [5.41, 5.74) is 0.942. The Bertz CT molecular complexity index is 943. The molecule has 2 amide bonds. The van der Waals surface area contributed by atoms with Crippen molar-refractivity contribution in [1.29, 1.82) is 0 Å². The fourth-order valence-electron chi connectivity index (χ4n) is 3.58. The topological polar surface area (TPSA) is 101 Å². The molecule has 0 aliphatic carbocycles. The molecule has 3 heterocycles. The van der Waals surface area contributed by atoms with Gasteiger partial charge in [-0.05, 0) is 61.8 Å². The number of nitrogens with zero attached hydrogens (tertiary/aromatic N) is 2. The van der Waals surface area contributed by atoms with E-state index in [4.69, 9.17) is 4.42 Å². The van der Waals surface area contributed by atoms with Gasteiger partial charge in [0.05, 0.1) is 6.26 Å². The summed E-state index contributed by atoms with van der Waals surface area (Å²) in [5, 5.41) is 13.5. The largest absolute Gasteiger partial charge is 0.459 e. The van der Waals surface area contributed by atoms with Crippen LogP contribution in [0.15, 0.2) is 65.5 Å². The molecule has 150 valence electrons. The van der Waals surface area contributed by atoms with Gasteiger partial charge in [0.25, 0.3) is 5.91 Å². The lowest BCUT2D eigenvalue weighted by molar-refractivity contribution is -0.132. The number of hydrogen-bond donors (Lipinski definition) is 3. The Labute approximate surface area is 168 Å². The molecular formula is C21H23N5O3. The van der Waals surface area contributed by atoms with Crippen LogP contribution in [0.5, 0.6) is 0 Å². The molecular weight excluding hydrogens is 370 g/mol. The standard InChI is InChI=1S/C21H23N5O3/c27-19(18-3-1-14-29-18)25-17-6-4-16(5-7-17)15-23-20(28)21(8-11-22-12-9-21)26-13-2-10-24-26/h1-7,10,13-14,22H,8-9,11-12,15H2,(H,23,28)(H,25,27). The molecule has 0 unspecified atom stereocenters. The number of carbonyl (C=O) groups is 2. The zero-order chi connectivity index (χ0) is 20.1. The molecule has 8 nitrogen and oxygen atoms in total. The smallest absolute Gasteiger partial charge is 0.291 e. The van der Waals surface area contributed by atoms with Gasteiger partial charge in [0, 0.05) is 24.6 Å². The molecule has 1 aliphatic rings. The number of amides is 2. The lowest BCUT2D eigenvalue weighted by atomic mass is 9.87. The summed E-state index contributed by atoms with van der Waals surface area (Å²) in [5.74, 6) is -0.0757. The first-order valence-electron chi connectivity index (χ1n) is 9.60. The van der Waals surface area contributed by atoms with E-state index in [0.717, 1.165) is 18.7 Å². The van der Waals surface area contributed by atoms with E-state index in [1.54, 1.807) is 35.1 Å². The minimum Gasteiger partial charge on any atom is -0.459 e. The molecule has 0 spiro atoms. The number of furan rings is 1. The highest BCUT2D eigenvalue weighted by Gasteiger charge is 2.41. The van der Waals surface area contributed by atoms with Gasteiger partial charge in [0.15, 0.2) is 5.76 Å². The molecule has 1 fully saturated rings. The predicted molar refractivity (Wildman–Crippen MR) is 107 cm³/mol. The maximum atomic E-state index is 13.1. The second-order valence-corrected chi connectivity index (χ2v) is 7.04. The zero-order valence-corrected chi connectivity index (χ0v) is 15.9. The summed E-state index contributed by atoms with van der Waals surface area (Å²) < 4.78 is 6.86. The summed E-state index contributed by atoms with van der Waals surface area (Å²) in [7, 11) is 0. The Hall–Kier alpha value is -3.39. The lowest BCUT2D eigenvalue weighted by Gasteiger charge is -2.36. The van der Waals surface area contributed by atoms with Crippen molar-refractivity contribution >= 4 is 17.5 Å². The summed E-state index contributed by atoms with van der Waals surface area (Å²) in [4.78, 5) is 25.1. The van der Waals surface area contributed by atoms with Gasteiger partial charge < -0.3 is 20.4 Å². The molecule has 0 saturated carbocycles. The maximum Gasteiger partial charge on any atom is 0.291 e. The third-order valence-electron chi connectivity index (χ3n) is 5.21. The normalized spacial score (nSPS) is 15.6. The first-order chi connectivity index (χ1) is 14.2. The SMILES string of the molecule is O=C(Nc1ccc(CNC(=O)C2(n3cccn3)CCNCC2)cc1)c1ccco1. The summed E-state index contributed by atoms with van der Waals surface area (Å²) in [6.45, 7) is 1.95. The highest BCUT2D eigenvalue weighted by molar-refractivity contribution is 6.02. The highest BCUT2D eigenvalue weighted by Crippen LogP contribution is 2.27. The molecule has 8 heteroatoms. The quantitative estimate of drug-likeness (QED) is 0.596. The van der Waals surface area contributed by atoms with Gasteiger partial charge in [-0.15, -0.1) is 0 Å². The van der Waals surface area contributed by atoms with E-state index in [1.165, 1.54) is 6.26 Å². The van der Waals surface area contributed by atoms with Crippen molar-refractivity contribution in [1.82, 2.24) is 20.4 Å². The number of aromatic nitrogens is 2. The third kappa shape index (κ3) is 4.07. The van der Waals surface area contributed by atoms with Gasteiger partial charge in [-0.2, -0.15) is 5.10 Å². The molecule has 2 aromatic heterocycles. The van der Waals surface area contributed by atoms with Gasteiger partial charge in [-0.3, -0.25) is 14.3 Å². The van der Waals surface area contributed by atoms with E-state index in [1.807, 2.05) is 24.4 Å². The molecule has 0 bridgehead atoms. The molecule has 1 saturated heterocycles. The van der Waals surface area contributed by atoms with Crippen LogP contribution in [0.2, 0.25) is 0 Å². The van der Waals surface area contributed by atoms with E-state index < -0.39 is 5.54 Å². The van der Waals surface area contributed by atoms with Crippen molar-refractivity contribution in [2.75, 3.05) is 18.4 Å². The Morgan fingerprint density at radius 3 is 2.59 bits per heavy atom. The second-order valence-electron chi connectivity index (χ2n) is 7.04. The van der Waals surface area contributed by atoms with Crippen LogP contribution in [0.4, 0.5) is 5.69 Å². The molecule has 3 N–H and O–H groups in total. The average Bonchev–Trinajstić information content (AvgIpc) is 3.48. The molecule has 29 heavy (non-hydrogen) atoms. The van der Waals surface area contributed by atoms with E-state index in [9.17, 15) is 9.59 Å². The van der Waals surface area contributed by atoms with Crippen molar-refractivity contribution in [3.05, 3.63) is 72.4 Å². The number of rotatable bonds is 6.